The van der Waals surface area contributed by atoms with Crippen LogP contribution in [0.1, 0.15) is 19.4 Å². The summed E-state index contributed by atoms with van der Waals surface area (Å²) in [7, 11) is 0. The first-order chi connectivity index (χ1) is 7.39. The number of carbonyl (C=O) groups is 1. The highest BCUT2D eigenvalue weighted by Gasteiger charge is 2.22. The van der Waals surface area contributed by atoms with E-state index in [2.05, 4.69) is 10.5 Å². The molecule has 0 radical (unpaired) electrons. The second-order valence-corrected chi connectivity index (χ2v) is 4.25. The van der Waals surface area contributed by atoms with Gasteiger partial charge in [-0.15, -0.1) is 0 Å². The Hall–Kier alpha value is -1.39. The average molecular weight is 241 g/mol. The van der Waals surface area contributed by atoms with Gasteiger partial charge in [0.2, 0.25) is 0 Å². The van der Waals surface area contributed by atoms with E-state index < -0.39 is 11.5 Å². The van der Waals surface area contributed by atoms with Gasteiger partial charge in [-0.3, -0.25) is 4.79 Å². The van der Waals surface area contributed by atoms with Crippen LogP contribution in [0, 0.1) is 0 Å². The van der Waals surface area contributed by atoms with Crippen molar-refractivity contribution in [2.45, 2.75) is 19.4 Å². The zero-order chi connectivity index (χ0) is 12.2. The molecular formula is C11H13ClN2O2. The quantitative estimate of drug-likeness (QED) is 0.622. The van der Waals surface area contributed by atoms with Crippen molar-refractivity contribution >= 4 is 23.7 Å². The Morgan fingerprint density at radius 2 is 2.00 bits per heavy atom. The molecule has 16 heavy (non-hydrogen) atoms. The predicted octanol–water partition coefficient (Wildman–Crippen LogP) is 1.56. The van der Waals surface area contributed by atoms with Crippen molar-refractivity contribution in [1.82, 2.24) is 5.43 Å². The fraction of sp³-hybridized carbons (Fsp3) is 0.273. The Kier molecular flexibility index (Phi) is 4.04. The lowest BCUT2D eigenvalue weighted by atomic mass is 10.1. The molecule has 0 aliphatic carbocycles. The number of hydrogen-bond acceptors (Lipinski definition) is 3. The molecule has 0 aliphatic heterocycles. The van der Waals surface area contributed by atoms with Crippen LogP contribution in [0.15, 0.2) is 29.4 Å². The van der Waals surface area contributed by atoms with Crippen LogP contribution < -0.4 is 5.43 Å². The van der Waals surface area contributed by atoms with Gasteiger partial charge >= 0.3 is 0 Å². The number of rotatable bonds is 3. The number of carbonyl (C=O) groups excluding carboxylic acids is 1. The highest BCUT2D eigenvalue weighted by atomic mass is 35.5. The minimum absolute atomic E-state index is 0.558. The van der Waals surface area contributed by atoms with Crippen molar-refractivity contribution in [3.63, 3.8) is 0 Å². The molecule has 2 N–H and O–H groups in total. The van der Waals surface area contributed by atoms with E-state index in [0.29, 0.717) is 5.02 Å². The summed E-state index contributed by atoms with van der Waals surface area (Å²) < 4.78 is 0. The molecule has 5 heteroatoms. The minimum Gasteiger partial charge on any atom is -0.381 e. The summed E-state index contributed by atoms with van der Waals surface area (Å²) in [5, 5.41) is 13.7. The van der Waals surface area contributed by atoms with E-state index in [9.17, 15) is 9.90 Å². The molecule has 4 nitrogen and oxygen atoms in total. The van der Waals surface area contributed by atoms with Gasteiger partial charge in [-0.25, -0.2) is 5.43 Å². The molecule has 1 aromatic rings. The van der Waals surface area contributed by atoms with Crippen LogP contribution in [0.4, 0.5) is 0 Å². The van der Waals surface area contributed by atoms with E-state index in [1.165, 1.54) is 20.1 Å². The van der Waals surface area contributed by atoms with Gasteiger partial charge in [-0.2, -0.15) is 5.10 Å². The maximum atomic E-state index is 11.2. The highest BCUT2D eigenvalue weighted by molar-refractivity contribution is 6.30. The van der Waals surface area contributed by atoms with Crippen molar-refractivity contribution < 1.29 is 9.90 Å². The molecule has 1 aromatic carbocycles. The van der Waals surface area contributed by atoms with Gasteiger partial charge in [0.25, 0.3) is 5.91 Å². The van der Waals surface area contributed by atoms with Crippen LogP contribution in [-0.4, -0.2) is 22.8 Å². The SMILES string of the molecule is CC(C)(O)C(=O)N/N=C\c1ccc(Cl)cc1. The van der Waals surface area contributed by atoms with Crippen molar-refractivity contribution in [2.75, 3.05) is 0 Å². The first-order valence-corrected chi connectivity index (χ1v) is 5.09. The number of aliphatic hydroxyl groups is 1. The molecule has 86 valence electrons. The Morgan fingerprint density at radius 1 is 1.44 bits per heavy atom. The van der Waals surface area contributed by atoms with Gasteiger partial charge in [0, 0.05) is 5.02 Å². The van der Waals surface area contributed by atoms with E-state index >= 15 is 0 Å². The molecule has 1 rings (SSSR count). The third kappa shape index (κ3) is 4.00. The van der Waals surface area contributed by atoms with Crippen LogP contribution in [0.5, 0.6) is 0 Å². The lowest BCUT2D eigenvalue weighted by Crippen LogP contribution is -2.39. The van der Waals surface area contributed by atoms with Crippen molar-refractivity contribution in [3.8, 4) is 0 Å². The zero-order valence-corrected chi connectivity index (χ0v) is 9.82. The average Bonchev–Trinajstić information content (AvgIpc) is 2.19. The second-order valence-electron chi connectivity index (χ2n) is 3.81. The number of nitrogens with zero attached hydrogens (tertiary/aromatic N) is 1. The normalized spacial score (nSPS) is 11.8. The van der Waals surface area contributed by atoms with E-state index in [4.69, 9.17) is 11.6 Å². The van der Waals surface area contributed by atoms with Crippen LogP contribution >= 0.6 is 11.6 Å². The molecule has 0 unspecified atom stereocenters. The summed E-state index contributed by atoms with van der Waals surface area (Å²) >= 11 is 5.71. The maximum absolute atomic E-state index is 11.2. The zero-order valence-electron chi connectivity index (χ0n) is 9.07. The first kappa shape index (κ1) is 12.7. The Morgan fingerprint density at radius 3 is 2.50 bits per heavy atom. The fourth-order valence-corrected chi connectivity index (χ4v) is 0.977. The number of benzene rings is 1. The van der Waals surface area contributed by atoms with Gasteiger partial charge in [0.1, 0.15) is 5.60 Å². The second kappa shape index (κ2) is 5.09. The summed E-state index contributed by atoms with van der Waals surface area (Å²) in [6, 6.07) is 6.98. The molecule has 0 saturated heterocycles. The maximum Gasteiger partial charge on any atom is 0.271 e. The van der Waals surface area contributed by atoms with Gasteiger partial charge in [-0.05, 0) is 31.5 Å². The van der Waals surface area contributed by atoms with Crippen molar-refractivity contribution in [3.05, 3.63) is 34.9 Å². The standard InChI is InChI=1S/C11H13ClN2O2/c1-11(2,16)10(15)14-13-7-8-3-5-9(12)6-4-8/h3-7,16H,1-2H3,(H,14,15)/b13-7-. The summed E-state index contributed by atoms with van der Waals surface area (Å²) in [6.45, 7) is 2.78. The monoisotopic (exact) mass is 240 g/mol. The molecule has 0 aliphatic rings. The van der Waals surface area contributed by atoms with Gasteiger partial charge in [0.15, 0.2) is 0 Å². The van der Waals surface area contributed by atoms with Crippen molar-refractivity contribution in [2.24, 2.45) is 5.10 Å². The Labute approximate surface area is 98.9 Å². The van der Waals surface area contributed by atoms with Crippen LogP contribution in [0.3, 0.4) is 0 Å². The minimum atomic E-state index is -1.43. The largest absolute Gasteiger partial charge is 0.381 e. The Bertz CT molecular complexity index is 393. The van der Waals surface area contributed by atoms with Crippen molar-refractivity contribution in [1.29, 1.82) is 0 Å². The van der Waals surface area contributed by atoms with Gasteiger partial charge in [0.05, 0.1) is 6.21 Å². The number of nitrogens with one attached hydrogen (secondary N) is 1. The number of amides is 1. The molecule has 0 bridgehead atoms. The lowest BCUT2D eigenvalue weighted by molar-refractivity contribution is -0.136. The third-order valence-corrected chi connectivity index (χ3v) is 2.06. The van der Waals surface area contributed by atoms with E-state index in [-0.39, 0.29) is 0 Å². The van der Waals surface area contributed by atoms with E-state index in [0.717, 1.165) is 5.56 Å². The van der Waals surface area contributed by atoms with Crippen LogP contribution in [0.25, 0.3) is 0 Å². The molecular weight excluding hydrogens is 228 g/mol. The van der Waals surface area contributed by atoms with Gasteiger partial charge < -0.3 is 5.11 Å². The molecule has 1 amide bonds. The van der Waals surface area contributed by atoms with Crippen LogP contribution in [-0.2, 0) is 4.79 Å². The van der Waals surface area contributed by atoms with E-state index in [1.807, 2.05) is 0 Å². The summed E-state index contributed by atoms with van der Waals surface area (Å²) in [5.74, 6) is -0.558. The molecule has 0 atom stereocenters. The first-order valence-electron chi connectivity index (χ1n) is 4.71. The molecule has 0 aromatic heterocycles. The van der Waals surface area contributed by atoms with Crippen LogP contribution in [0.2, 0.25) is 5.02 Å². The topological polar surface area (TPSA) is 61.7 Å². The molecule has 0 heterocycles. The summed E-state index contributed by atoms with van der Waals surface area (Å²) in [6.07, 6.45) is 1.47. The predicted molar refractivity (Wildman–Crippen MR) is 63.5 cm³/mol. The van der Waals surface area contributed by atoms with Gasteiger partial charge in [-0.1, -0.05) is 23.7 Å². The third-order valence-electron chi connectivity index (χ3n) is 1.81. The summed E-state index contributed by atoms with van der Waals surface area (Å²) in [4.78, 5) is 11.2. The molecule has 0 spiro atoms. The Balaban J connectivity index is 2.56. The summed E-state index contributed by atoms with van der Waals surface area (Å²) in [5.41, 5.74) is 1.61. The molecule has 0 saturated carbocycles. The lowest BCUT2D eigenvalue weighted by Gasteiger charge is -2.13. The number of hydrazone groups is 1. The highest BCUT2D eigenvalue weighted by Crippen LogP contribution is 2.07. The fourth-order valence-electron chi connectivity index (χ4n) is 0.851. The number of halogens is 1. The molecule has 0 fully saturated rings. The van der Waals surface area contributed by atoms with E-state index in [1.54, 1.807) is 24.3 Å². The number of hydrogen-bond donors (Lipinski definition) is 2. The smallest absolute Gasteiger partial charge is 0.271 e.